The molecule has 0 amide bonds. The van der Waals surface area contributed by atoms with Gasteiger partial charge < -0.3 is 15.5 Å². The van der Waals surface area contributed by atoms with E-state index in [9.17, 15) is 0 Å². The number of nitrogens with one attached hydrogen (secondary N) is 1. The van der Waals surface area contributed by atoms with E-state index in [-0.39, 0.29) is 5.17 Å². The summed E-state index contributed by atoms with van der Waals surface area (Å²) in [7, 11) is 9.50. The molecule has 0 unspecified atom stereocenters. The maximum absolute atomic E-state index is 8.31. The molecular formula is C16H29N13S2. The van der Waals surface area contributed by atoms with E-state index < -0.39 is 0 Å². The van der Waals surface area contributed by atoms with Crippen molar-refractivity contribution < 1.29 is 0 Å². The van der Waals surface area contributed by atoms with Crippen LogP contribution in [0.15, 0.2) is 26.6 Å². The van der Waals surface area contributed by atoms with Crippen LogP contribution in [0, 0.1) is 5.41 Å². The van der Waals surface area contributed by atoms with Gasteiger partial charge in [-0.25, -0.2) is 19.7 Å². The molecule has 0 aliphatic rings. The summed E-state index contributed by atoms with van der Waals surface area (Å²) < 4.78 is 1.73. The van der Waals surface area contributed by atoms with Gasteiger partial charge in [0.1, 0.15) is 16.7 Å². The predicted molar refractivity (Wildman–Crippen MR) is 122 cm³/mol. The summed E-state index contributed by atoms with van der Waals surface area (Å²) in [6, 6.07) is 1.68. The molecule has 0 atom stereocenters. The lowest BCUT2D eigenvalue weighted by molar-refractivity contribution is 0.329. The highest BCUT2D eigenvalue weighted by atomic mass is 32.2. The summed E-state index contributed by atoms with van der Waals surface area (Å²) in [6.07, 6.45) is 0. The molecule has 31 heavy (non-hydrogen) atoms. The largest absolute Gasteiger partial charge is 0.384 e. The van der Waals surface area contributed by atoms with E-state index in [0.717, 1.165) is 13.1 Å². The average Bonchev–Trinajstić information content (AvgIpc) is 3.14. The van der Waals surface area contributed by atoms with Crippen LogP contribution < -0.4 is 5.73 Å². The number of nitrogen functional groups attached to an aromatic ring is 1. The van der Waals surface area contributed by atoms with Crippen molar-refractivity contribution in [1.29, 1.82) is 5.41 Å². The Bertz CT molecular complexity index is 867. The lowest BCUT2D eigenvalue weighted by Crippen LogP contribution is -2.30. The Labute approximate surface area is 190 Å². The smallest absolute Gasteiger partial charge is 0.215 e. The van der Waals surface area contributed by atoms with Crippen molar-refractivity contribution in [2.45, 2.75) is 22.5 Å². The van der Waals surface area contributed by atoms with E-state index in [1.165, 1.54) is 23.5 Å². The standard InChI is InChI=1S/C16H29N13S2/c1-19-24-28(8-6-26(2)3)15(18)30-11-13-20-12(17)10-14(21-13)31-16-22-23-25-29(16)9-7-27(4)5/h10,18H,6-9,11H2,1-5H3,(H2,17,20,21). The number of hydrogen-bond donors (Lipinski definition) is 2. The molecule has 0 saturated heterocycles. The molecule has 0 spiro atoms. The Kier molecular flexibility index (Phi) is 10.0. The number of thioether (sulfide) groups is 1. The first-order valence-electron chi connectivity index (χ1n) is 9.44. The SMILES string of the molecule is CN=NN(CCN(C)C)C(=N)SCc1nc(N)cc(Sc2nnnn2CCN(C)C)n1. The number of rotatable bonds is 11. The molecule has 0 aliphatic carbocycles. The summed E-state index contributed by atoms with van der Waals surface area (Å²) in [6.45, 7) is 2.79. The number of nitrogens with two attached hydrogens (primary N) is 1. The number of aromatic nitrogens is 6. The Morgan fingerprint density at radius 3 is 2.58 bits per heavy atom. The molecule has 3 N–H and O–H groups in total. The number of anilines is 1. The number of amidine groups is 1. The molecule has 15 heteroatoms. The Morgan fingerprint density at radius 2 is 1.90 bits per heavy atom. The summed E-state index contributed by atoms with van der Waals surface area (Å²) in [4.78, 5) is 12.9. The van der Waals surface area contributed by atoms with Crippen LogP contribution >= 0.6 is 23.5 Å². The third-order valence-electron chi connectivity index (χ3n) is 3.75. The maximum atomic E-state index is 8.31. The molecule has 0 aromatic carbocycles. The van der Waals surface area contributed by atoms with E-state index >= 15 is 0 Å². The average molecular weight is 468 g/mol. The van der Waals surface area contributed by atoms with Crippen LogP contribution in [-0.4, -0.2) is 105 Å². The second kappa shape index (κ2) is 12.5. The molecule has 0 saturated carbocycles. The lowest BCUT2D eigenvalue weighted by Gasteiger charge is -2.19. The number of likely N-dealkylation sites (N-methyl/N-ethyl adjacent to an activating group) is 2. The lowest BCUT2D eigenvalue weighted by atomic mass is 10.5. The molecule has 0 fully saturated rings. The van der Waals surface area contributed by atoms with E-state index in [1.54, 1.807) is 22.8 Å². The van der Waals surface area contributed by atoms with E-state index in [2.05, 4.69) is 40.7 Å². The van der Waals surface area contributed by atoms with Crippen LogP contribution in [0.2, 0.25) is 0 Å². The summed E-state index contributed by atoms with van der Waals surface area (Å²) in [5.41, 5.74) is 5.98. The Balaban J connectivity index is 2.03. The number of tetrazole rings is 1. The van der Waals surface area contributed by atoms with Gasteiger partial charge in [0.05, 0.1) is 25.9 Å². The van der Waals surface area contributed by atoms with Gasteiger partial charge in [-0.3, -0.25) is 5.41 Å². The number of hydrogen-bond acceptors (Lipinski definition) is 13. The Morgan fingerprint density at radius 1 is 1.16 bits per heavy atom. The molecule has 0 bridgehead atoms. The molecule has 2 aromatic rings. The third-order valence-corrected chi connectivity index (χ3v) is 5.53. The van der Waals surface area contributed by atoms with Crippen LogP contribution in [0.5, 0.6) is 0 Å². The van der Waals surface area contributed by atoms with Crippen LogP contribution in [0.25, 0.3) is 0 Å². The van der Waals surface area contributed by atoms with Crippen LogP contribution in [-0.2, 0) is 12.3 Å². The second-order valence-electron chi connectivity index (χ2n) is 6.95. The first kappa shape index (κ1) is 24.9. The molecule has 0 radical (unpaired) electrons. The molecule has 2 aromatic heterocycles. The van der Waals surface area contributed by atoms with Gasteiger partial charge in [0, 0.05) is 19.2 Å². The minimum absolute atomic E-state index is 0.264. The van der Waals surface area contributed by atoms with Crippen molar-refractivity contribution in [2.75, 3.05) is 60.6 Å². The van der Waals surface area contributed by atoms with Gasteiger partial charge in [-0.15, -0.1) is 5.10 Å². The quantitative estimate of drug-likeness (QED) is 0.158. The molecule has 13 nitrogen and oxygen atoms in total. The van der Waals surface area contributed by atoms with Crippen molar-refractivity contribution in [3.05, 3.63) is 11.9 Å². The van der Waals surface area contributed by atoms with Crippen molar-refractivity contribution in [3.8, 4) is 0 Å². The van der Waals surface area contributed by atoms with Gasteiger partial charge in [0.15, 0.2) is 5.17 Å². The summed E-state index contributed by atoms with van der Waals surface area (Å²) in [5.74, 6) is 1.25. The van der Waals surface area contributed by atoms with Crippen LogP contribution in [0.4, 0.5) is 5.82 Å². The summed E-state index contributed by atoms with van der Waals surface area (Å²) >= 11 is 2.59. The van der Waals surface area contributed by atoms with Crippen molar-refractivity contribution >= 4 is 34.5 Å². The van der Waals surface area contributed by atoms with Crippen molar-refractivity contribution in [3.63, 3.8) is 0 Å². The monoisotopic (exact) mass is 467 g/mol. The van der Waals surface area contributed by atoms with Crippen molar-refractivity contribution in [1.82, 2.24) is 45.0 Å². The highest BCUT2D eigenvalue weighted by molar-refractivity contribution is 8.12. The Hall–Kier alpha value is -2.36. The van der Waals surface area contributed by atoms with E-state index in [0.29, 0.717) is 40.7 Å². The molecule has 0 aliphatic heterocycles. The van der Waals surface area contributed by atoms with Gasteiger partial charge in [0.25, 0.3) is 0 Å². The van der Waals surface area contributed by atoms with Gasteiger partial charge in [0.2, 0.25) is 5.16 Å². The molecule has 2 heterocycles. The van der Waals surface area contributed by atoms with E-state index in [1.807, 2.05) is 33.1 Å². The topological polar surface area (TPSA) is 154 Å². The molecular weight excluding hydrogens is 438 g/mol. The summed E-state index contributed by atoms with van der Waals surface area (Å²) in [5, 5.41) is 31.1. The van der Waals surface area contributed by atoms with Gasteiger partial charge in [-0.1, -0.05) is 17.0 Å². The van der Waals surface area contributed by atoms with Crippen LogP contribution in [0.1, 0.15) is 5.82 Å². The fraction of sp³-hybridized carbons (Fsp3) is 0.625. The zero-order valence-electron chi connectivity index (χ0n) is 18.4. The highest BCUT2D eigenvalue weighted by Crippen LogP contribution is 2.25. The van der Waals surface area contributed by atoms with Gasteiger partial charge >= 0.3 is 0 Å². The minimum Gasteiger partial charge on any atom is -0.384 e. The molecule has 2 rings (SSSR count). The predicted octanol–water partition coefficient (Wildman–Crippen LogP) is 0.787. The molecule has 170 valence electrons. The fourth-order valence-corrected chi connectivity index (χ4v) is 3.70. The first-order valence-corrected chi connectivity index (χ1v) is 11.2. The van der Waals surface area contributed by atoms with Crippen molar-refractivity contribution in [2.24, 2.45) is 10.3 Å². The minimum atomic E-state index is 0.264. The number of nitrogens with zero attached hydrogens (tertiary/aromatic N) is 11. The second-order valence-corrected chi connectivity index (χ2v) is 8.90. The zero-order valence-corrected chi connectivity index (χ0v) is 20.1. The van der Waals surface area contributed by atoms with E-state index in [4.69, 9.17) is 11.1 Å². The fourth-order valence-electron chi connectivity index (χ4n) is 2.20. The third kappa shape index (κ3) is 8.72. The highest BCUT2D eigenvalue weighted by Gasteiger charge is 2.14. The maximum Gasteiger partial charge on any atom is 0.215 e. The normalized spacial score (nSPS) is 11.7. The van der Waals surface area contributed by atoms with Crippen LogP contribution in [0.3, 0.4) is 0 Å². The first-order chi connectivity index (χ1) is 14.8. The van der Waals surface area contributed by atoms with Gasteiger partial charge in [-0.05, 0) is 50.4 Å². The van der Waals surface area contributed by atoms with Gasteiger partial charge in [-0.2, -0.15) is 5.11 Å². The zero-order chi connectivity index (χ0) is 22.8.